The predicted octanol–water partition coefficient (Wildman–Crippen LogP) is 1.24. The molecule has 23 heavy (non-hydrogen) atoms. The van der Waals surface area contributed by atoms with Gasteiger partial charge in [0.1, 0.15) is 6.04 Å². The van der Waals surface area contributed by atoms with Crippen LogP contribution in [0, 0.1) is 5.92 Å². The highest BCUT2D eigenvalue weighted by atomic mass is 32.2. The van der Waals surface area contributed by atoms with Gasteiger partial charge in [-0.05, 0) is 0 Å². The molecule has 1 aliphatic heterocycles. The zero-order chi connectivity index (χ0) is 17.0. The molecule has 1 aromatic carbocycles. The number of β-amino-alcohol motifs (C(OH)–C–C–N with tert-alkyl or cyclic N) is 1. The number of amides is 1. The standard InChI is InChI=1S/C16H19NO5S/c1-10(9-23-16(22)11-5-3-2-4-6-11)14(19)17-8-12(18)7-13(17)15(20)21/h2-6,10,12-13,18H,7-9H2,1H3,(H,20,21)/t10?,12-,13+/m1/s1. The first-order valence-corrected chi connectivity index (χ1v) is 8.32. The largest absolute Gasteiger partial charge is 0.480 e. The molecule has 0 aromatic heterocycles. The molecule has 1 aliphatic rings. The molecule has 1 aromatic rings. The molecule has 6 nitrogen and oxygen atoms in total. The van der Waals surface area contributed by atoms with Crippen LogP contribution in [0.1, 0.15) is 23.7 Å². The Morgan fingerprint density at radius 3 is 2.57 bits per heavy atom. The lowest BCUT2D eigenvalue weighted by molar-refractivity contribution is -0.149. The maximum absolute atomic E-state index is 12.4. The molecule has 1 fully saturated rings. The van der Waals surface area contributed by atoms with E-state index in [4.69, 9.17) is 5.11 Å². The fourth-order valence-corrected chi connectivity index (χ4v) is 3.35. The molecule has 1 heterocycles. The van der Waals surface area contributed by atoms with Crippen molar-refractivity contribution in [3.8, 4) is 0 Å². The van der Waals surface area contributed by atoms with Crippen LogP contribution in [0.3, 0.4) is 0 Å². The fraction of sp³-hybridized carbons (Fsp3) is 0.438. The number of rotatable bonds is 5. The quantitative estimate of drug-likeness (QED) is 0.839. The first kappa shape index (κ1) is 17.5. The Labute approximate surface area is 138 Å². The van der Waals surface area contributed by atoms with E-state index < -0.39 is 24.0 Å². The van der Waals surface area contributed by atoms with Gasteiger partial charge in [-0.3, -0.25) is 9.59 Å². The van der Waals surface area contributed by atoms with Gasteiger partial charge in [0.05, 0.1) is 6.10 Å². The normalized spacial score (nSPS) is 21.9. The van der Waals surface area contributed by atoms with Gasteiger partial charge in [-0.1, -0.05) is 49.0 Å². The van der Waals surface area contributed by atoms with Crippen LogP contribution >= 0.6 is 11.8 Å². The van der Waals surface area contributed by atoms with Crippen molar-refractivity contribution in [3.05, 3.63) is 35.9 Å². The molecule has 0 aliphatic carbocycles. The Hall–Kier alpha value is -1.86. The summed E-state index contributed by atoms with van der Waals surface area (Å²) in [5, 5.41) is 18.6. The van der Waals surface area contributed by atoms with Crippen molar-refractivity contribution < 1.29 is 24.6 Å². The number of benzene rings is 1. The Balaban J connectivity index is 1.92. The lowest BCUT2D eigenvalue weighted by Crippen LogP contribution is -2.43. The van der Waals surface area contributed by atoms with Crippen LogP contribution < -0.4 is 0 Å². The highest BCUT2D eigenvalue weighted by Crippen LogP contribution is 2.23. The number of carboxylic acids is 1. The van der Waals surface area contributed by atoms with Gasteiger partial charge >= 0.3 is 5.97 Å². The second-order valence-corrected chi connectivity index (χ2v) is 6.59. The van der Waals surface area contributed by atoms with Crippen LogP contribution in [-0.2, 0) is 9.59 Å². The minimum absolute atomic E-state index is 0.0252. The maximum Gasteiger partial charge on any atom is 0.326 e. The van der Waals surface area contributed by atoms with Gasteiger partial charge in [-0.15, -0.1) is 0 Å². The van der Waals surface area contributed by atoms with Crippen molar-refractivity contribution in [3.63, 3.8) is 0 Å². The number of thioether (sulfide) groups is 1. The number of hydrogen-bond donors (Lipinski definition) is 2. The molecule has 0 spiro atoms. The first-order chi connectivity index (χ1) is 10.9. The summed E-state index contributed by atoms with van der Waals surface area (Å²) in [6.45, 7) is 1.69. The van der Waals surface area contributed by atoms with Crippen LogP contribution in [-0.4, -0.2) is 56.5 Å². The molecule has 3 atom stereocenters. The summed E-state index contributed by atoms with van der Waals surface area (Å²) in [7, 11) is 0. The molecule has 1 saturated heterocycles. The summed E-state index contributed by atoms with van der Waals surface area (Å²) in [6, 6.07) is 7.78. The lowest BCUT2D eigenvalue weighted by Gasteiger charge is -2.24. The summed E-state index contributed by atoms with van der Waals surface area (Å²) < 4.78 is 0. The third kappa shape index (κ3) is 4.33. The fourth-order valence-electron chi connectivity index (χ4n) is 2.50. The Kier molecular flexibility index (Phi) is 5.79. The first-order valence-electron chi connectivity index (χ1n) is 7.33. The Morgan fingerprint density at radius 1 is 1.30 bits per heavy atom. The van der Waals surface area contributed by atoms with Crippen LogP contribution in [0.2, 0.25) is 0 Å². The van der Waals surface area contributed by atoms with Gasteiger partial charge in [0.2, 0.25) is 11.0 Å². The van der Waals surface area contributed by atoms with Gasteiger partial charge in [0, 0.05) is 30.2 Å². The minimum atomic E-state index is -1.12. The van der Waals surface area contributed by atoms with Crippen molar-refractivity contribution in [2.45, 2.75) is 25.5 Å². The Bertz CT molecular complexity index is 591. The molecular weight excluding hydrogens is 318 g/mol. The molecule has 0 bridgehead atoms. The van der Waals surface area contributed by atoms with E-state index in [1.54, 1.807) is 31.2 Å². The highest BCUT2D eigenvalue weighted by Gasteiger charge is 2.40. The van der Waals surface area contributed by atoms with Crippen molar-refractivity contribution >= 4 is 28.8 Å². The number of aliphatic hydroxyl groups excluding tert-OH is 1. The van der Waals surface area contributed by atoms with Crippen molar-refractivity contribution in [1.82, 2.24) is 4.90 Å². The van der Waals surface area contributed by atoms with Gasteiger partial charge in [0.25, 0.3) is 0 Å². The number of carbonyl (C=O) groups is 3. The lowest BCUT2D eigenvalue weighted by atomic mass is 10.1. The van der Waals surface area contributed by atoms with Gasteiger partial charge in [0.15, 0.2) is 0 Å². The predicted molar refractivity (Wildman–Crippen MR) is 86.2 cm³/mol. The number of hydrogen-bond acceptors (Lipinski definition) is 5. The topological polar surface area (TPSA) is 94.9 Å². The van der Waals surface area contributed by atoms with E-state index in [0.717, 1.165) is 11.8 Å². The van der Waals surface area contributed by atoms with E-state index in [1.807, 2.05) is 6.07 Å². The number of aliphatic hydroxyl groups is 1. The monoisotopic (exact) mass is 337 g/mol. The van der Waals surface area contributed by atoms with Crippen molar-refractivity contribution in [1.29, 1.82) is 0 Å². The Morgan fingerprint density at radius 2 is 1.96 bits per heavy atom. The van der Waals surface area contributed by atoms with Gasteiger partial charge in [-0.25, -0.2) is 4.79 Å². The summed E-state index contributed by atoms with van der Waals surface area (Å²) >= 11 is 1.04. The van der Waals surface area contributed by atoms with E-state index in [-0.39, 0.29) is 29.7 Å². The average Bonchev–Trinajstić information content (AvgIpc) is 2.94. The highest BCUT2D eigenvalue weighted by molar-refractivity contribution is 8.14. The van der Waals surface area contributed by atoms with E-state index in [9.17, 15) is 19.5 Å². The summed E-state index contributed by atoms with van der Waals surface area (Å²) in [6.07, 6.45) is -0.769. The number of carbonyl (C=O) groups excluding carboxylic acids is 2. The minimum Gasteiger partial charge on any atom is -0.480 e. The average molecular weight is 337 g/mol. The number of nitrogens with zero attached hydrogens (tertiary/aromatic N) is 1. The summed E-state index contributed by atoms with van der Waals surface area (Å²) in [5.74, 6) is -1.69. The molecule has 124 valence electrons. The van der Waals surface area contributed by atoms with Gasteiger partial charge < -0.3 is 15.1 Å². The maximum atomic E-state index is 12.4. The zero-order valence-corrected chi connectivity index (χ0v) is 13.5. The molecule has 2 N–H and O–H groups in total. The van der Waals surface area contributed by atoms with Crippen LogP contribution in [0.25, 0.3) is 0 Å². The van der Waals surface area contributed by atoms with Crippen molar-refractivity contribution in [2.24, 2.45) is 5.92 Å². The molecule has 7 heteroatoms. The van der Waals surface area contributed by atoms with Gasteiger partial charge in [-0.2, -0.15) is 0 Å². The molecule has 0 radical (unpaired) electrons. The van der Waals surface area contributed by atoms with Crippen LogP contribution in [0.4, 0.5) is 0 Å². The molecule has 0 saturated carbocycles. The van der Waals surface area contributed by atoms with E-state index in [1.165, 1.54) is 4.90 Å². The second-order valence-electron chi connectivity index (χ2n) is 5.60. The molecule has 2 rings (SSSR count). The number of aliphatic carboxylic acids is 1. The van der Waals surface area contributed by atoms with E-state index in [0.29, 0.717) is 5.56 Å². The SMILES string of the molecule is CC(CSC(=O)c1ccccc1)C(=O)N1C[C@H](O)C[C@H]1C(=O)O. The number of likely N-dealkylation sites (tertiary alicyclic amines) is 1. The molecule has 1 amide bonds. The second kappa shape index (κ2) is 7.61. The number of carboxylic acid groups (broad SMARTS) is 1. The molecular formula is C16H19NO5S. The summed E-state index contributed by atoms with van der Waals surface area (Å²) in [5.41, 5.74) is 0.567. The third-order valence-corrected chi connectivity index (χ3v) is 4.91. The molecule has 1 unspecified atom stereocenters. The zero-order valence-electron chi connectivity index (χ0n) is 12.7. The third-order valence-electron chi connectivity index (χ3n) is 3.74. The summed E-state index contributed by atoms with van der Waals surface area (Å²) in [4.78, 5) is 36.8. The van der Waals surface area contributed by atoms with E-state index in [2.05, 4.69) is 0 Å². The smallest absolute Gasteiger partial charge is 0.326 e. The van der Waals surface area contributed by atoms with Crippen LogP contribution in [0.5, 0.6) is 0 Å². The van der Waals surface area contributed by atoms with Crippen molar-refractivity contribution in [2.75, 3.05) is 12.3 Å². The van der Waals surface area contributed by atoms with Crippen LogP contribution in [0.15, 0.2) is 30.3 Å². The van der Waals surface area contributed by atoms with E-state index >= 15 is 0 Å².